The Labute approximate surface area is 129 Å². The molecule has 0 heterocycles. The fraction of sp³-hybridized carbons (Fsp3) is 0.471. The number of ether oxygens (including phenoxy) is 1. The van der Waals surface area contributed by atoms with Crippen LogP contribution in [0.2, 0.25) is 19.6 Å². The number of ketones is 1. The molecule has 0 radical (unpaired) electrons. The summed E-state index contributed by atoms with van der Waals surface area (Å²) in [5.41, 5.74) is 1.66. The minimum atomic E-state index is -1.77. The van der Waals surface area contributed by atoms with Crippen LogP contribution in [0.1, 0.15) is 25.5 Å². The van der Waals surface area contributed by atoms with Gasteiger partial charge in [0.2, 0.25) is 0 Å². The molecule has 116 valence electrons. The van der Waals surface area contributed by atoms with Crippen molar-refractivity contribution in [1.29, 1.82) is 0 Å². The van der Waals surface area contributed by atoms with Crippen molar-refractivity contribution >= 4 is 14.1 Å². The number of hydrogen-bond donors (Lipinski definition) is 0. The van der Waals surface area contributed by atoms with Gasteiger partial charge in [-0.2, -0.15) is 0 Å². The molecule has 0 amide bonds. The highest BCUT2D eigenvalue weighted by Gasteiger charge is 2.31. The molecule has 0 aliphatic carbocycles. The minimum absolute atomic E-state index is 0.0592. The maximum Gasteiger partial charge on any atom is 0.184 e. The van der Waals surface area contributed by atoms with E-state index in [1.165, 1.54) is 6.26 Å². The van der Waals surface area contributed by atoms with Gasteiger partial charge in [0, 0.05) is 11.5 Å². The number of rotatable bonds is 7. The smallest absolute Gasteiger partial charge is 0.184 e. The molecule has 1 aromatic rings. The summed E-state index contributed by atoms with van der Waals surface area (Å²) < 4.78 is 11.2. The van der Waals surface area contributed by atoms with Crippen molar-refractivity contribution in [3.63, 3.8) is 0 Å². The summed E-state index contributed by atoms with van der Waals surface area (Å²) in [7, 11) is -0.218. The Kier molecular flexibility index (Phi) is 6.36. The predicted octanol–water partition coefficient (Wildman–Crippen LogP) is 4.33. The lowest BCUT2D eigenvalue weighted by atomic mass is 9.91. The number of Topliss-reactive ketones (excluding diaryl/α,β-unsaturated/α-hetero) is 1. The summed E-state index contributed by atoms with van der Waals surface area (Å²) in [6.07, 6.45) is 1.28. The predicted molar refractivity (Wildman–Crippen MR) is 88.6 cm³/mol. The number of hydrogen-bond acceptors (Lipinski definition) is 3. The lowest BCUT2D eigenvalue weighted by Gasteiger charge is -2.30. The molecule has 3 nitrogen and oxygen atoms in total. The highest BCUT2D eigenvalue weighted by molar-refractivity contribution is 6.69. The molecule has 1 aromatic carbocycles. The second-order valence-electron chi connectivity index (χ2n) is 6.25. The molecule has 21 heavy (non-hydrogen) atoms. The zero-order valence-corrected chi connectivity index (χ0v) is 14.8. The second kappa shape index (κ2) is 7.57. The zero-order valence-electron chi connectivity index (χ0n) is 13.8. The molecule has 0 aliphatic heterocycles. The first-order valence-corrected chi connectivity index (χ1v) is 10.6. The van der Waals surface area contributed by atoms with E-state index in [1.807, 2.05) is 37.3 Å². The van der Waals surface area contributed by atoms with E-state index in [1.54, 1.807) is 14.0 Å². The van der Waals surface area contributed by atoms with Crippen molar-refractivity contribution in [1.82, 2.24) is 0 Å². The number of benzene rings is 1. The average Bonchev–Trinajstić information content (AvgIpc) is 2.43. The van der Waals surface area contributed by atoms with Crippen LogP contribution < -0.4 is 0 Å². The number of carbonyl (C=O) groups is 1. The van der Waals surface area contributed by atoms with Crippen molar-refractivity contribution < 1.29 is 14.0 Å². The van der Waals surface area contributed by atoms with Gasteiger partial charge in [-0.1, -0.05) is 37.3 Å². The lowest BCUT2D eigenvalue weighted by Crippen LogP contribution is -2.33. The lowest BCUT2D eigenvalue weighted by molar-refractivity contribution is -0.121. The van der Waals surface area contributed by atoms with Gasteiger partial charge in [0.15, 0.2) is 14.1 Å². The fourth-order valence-corrected chi connectivity index (χ4v) is 3.32. The SMILES string of the molecule is CO/C=C(\C)C(=O)C(C)C(O[Si](C)(C)C)c1ccccc1. The molecule has 0 saturated heterocycles. The van der Waals surface area contributed by atoms with E-state index in [4.69, 9.17) is 9.16 Å². The Morgan fingerprint density at radius 1 is 1.19 bits per heavy atom. The van der Waals surface area contributed by atoms with Crippen LogP contribution in [0.15, 0.2) is 42.2 Å². The van der Waals surface area contributed by atoms with Gasteiger partial charge in [0.25, 0.3) is 0 Å². The Morgan fingerprint density at radius 3 is 2.24 bits per heavy atom. The van der Waals surface area contributed by atoms with Gasteiger partial charge in [-0.25, -0.2) is 0 Å². The van der Waals surface area contributed by atoms with Gasteiger partial charge >= 0.3 is 0 Å². The van der Waals surface area contributed by atoms with Gasteiger partial charge in [-0.05, 0) is 32.1 Å². The monoisotopic (exact) mass is 306 g/mol. The first-order chi connectivity index (χ1) is 9.76. The van der Waals surface area contributed by atoms with Crippen molar-refractivity contribution in [2.75, 3.05) is 7.11 Å². The first kappa shape index (κ1) is 17.7. The molecule has 0 aromatic heterocycles. The van der Waals surface area contributed by atoms with E-state index in [0.29, 0.717) is 5.57 Å². The van der Waals surface area contributed by atoms with Crippen LogP contribution in [0.4, 0.5) is 0 Å². The van der Waals surface area contributed by atoms with Crippen molar-refractivity contribution in [3.8, 4) is 0 Å². The molecule has 1 rings (SSSR count). The summed E-state index contributed by atoms with van der Waals surface area (Å²) >= 11 is 0. The molecule has 0 aliphatic rings. The Balaban J connectivity index is 3.07. The molecule has 0 saturated carbocycles. The quantitative estimate of drug-likeness (QED) is 0.427. The molecule has 0 spiro atoms. The molecule has 0 N–H and O–H groups in total. The normalized spacial score (nSPS) is 15.4. The van der Waals surface area contributed by atoms with Crippen LogP contribution in [0, 0.1) is 5.92 Å². The maximum absolute atomic E-state index is 12.5. The minimum Gasteiger partial charge on any atom is -0.504 e. The number of carbonyl (C=O) groups excluding carboxylic acids is 1. The highest BCUT2D eigenvalue weighted by atomic mass is 28.4. The summed E-state index contributed by atoms with van der Waals surface area (Å²) in [6.45, 7) is 10.1. The molecule has 0 fully saturated rings. The molecule has 2 atom stereocenters. The van der Waals surface area contributed by atoms with Gasteiger partial charge < -0.3 is 9.16 Å². The Morgan fingerprint density at radius 2 is 1.76 bits per heavy atom. The Hall–Kier alpha value is -1.39. The van der Waals surface area contributed by atoms with Crippen molar-refractivity contribution in [2.45, 2.75) is 39.6 Å². The number of methoxy groups -OCH3 is 1. The van der Waals surface area contributed by atoms with Gasteiger partial charge in [-0.3, -0.25) is 4.79 Å². The maximum atomic E-state index is 12.5. The Bertz CT molecular complexity index is 489. The molecular weight excluding hydrogens is 280 g/mol. The van der Waals surface area contributed by atoms with Crippen molar-refractivity contribution in [2.24, 2.45) is 5.92 Å². The van der Waals surface area contributed by atoms with Crippen LogP contribution >= 0.6 is 0 Å². The third-order valence-electron chi connectivity index (χ3n) is 3.16. The van der Waals surface area contributed by atoms with Gasteiger partial charge in [-0.15, -0.1) is 0 Å². The zero-order chi connectivity index (χ0) is 16.0. The van der Waals surface area contributed by atoms with Crippen LogP contribution in [-0.2, 0) is 14.0 Å². The standard InChI is InChI=1S/C17H26O3Si/c1-13(12-19-3)16(18)14(2)17(20-21(4,5)6)15-10-8-7-9-11-15/h7-12,14,17H,1-6H3/b13-12+. The van der Waals surface area contributed by atoms with E-state index in [0.717, 1.165) is 5.56 Å². The number of allylic oxidation sites excluding steroid dienone is 1. The van der Waals surface area contributed by atoms with Crippen LogP contribution in [0.25, 0.3) is 0 Å². The second-order valence-corrected chi connectivity index (χ2v) is 10.7. The summed E-state index contributed by atoms with van der Waals surface area (Å²) in [6, 6.07) is 9.96. The molecule has 4 heteroatoms. The van der Waals surface area contributed by atoms with E-state index in [2.05, 4.69) is 19.6 Å². The molecular formula is C17H26O3Si. The summed E-state index contributed by atoms with van der Waals surface area (Å²) in [5.74, 6) is -0.186. The van der Waals surface area contributed by atoms with Gasteiger partial charge in [0.05, 0.1) is 19.5 Å². The topological polar surface area (TPSA) is 35.5 Å². The van der Waals surface area contributed by atoms with Crippen LogP contribution in [0.5, 0.6) is 0 Å². The molecule has 2 unspecified atom stereocenters. The van der Waals surface area contributed by atoms with E-state index < -0.39 is 8.32 Å². The van der Waals surface area contributed by atoms with E-state index in [9.17, 15) is 4.79 Å². The molecule has 0 bridgehead atoms. The third-order valence-corrected chi connectivity index (χ3v) is 4.12. The van der Waals surface area contributed by atoms with Crippen molar-refractivity contribution in [3.05, 3.63) is 47.7 Å². The summed E-state index contributed by atoms with van der Waals surface area (Å²) in [5, 5.41) is 0. The first-order valence-electron chi connectivity index (χ1n) is 7.23. The van der Waals surface area contributed by atoms with E-state index >= 15 is 0 Å². The van der Waals surface area contributed by atoms with Crippen LogP contribution in [-0.4, -0.2) is 21.2 Å². The third kappa shape index (κ3) is 5.48. The van der Waals surface area contributed by atoms with Crippen LogP contribution in [0.3, 0.4) is 0 Å². The summed E-state index contributed by atoms with van der Waals surface area (Å²) in [4.78, 5) is 12.5. The van der Waals surface area contributed by atoms with Gasteiger partial charge in [0.1, 0.15) is 0 Å². The average molecular weight is 306 g/mol. The fourth-order valence-electron chi connectivity index (χ4n) is 2.21. The van der Waals surface area contributed by atoms with E-state index in [-0.39, 0.29) is 17.8 Å². The highest BCUT2D eigenvalue weighted by Crippen LogP contribution is 2.31. The largest absolute Gasteiger partial charge is 0.504 e.